The summed E-state index contributed by atoms with van der Waals surface area (Å²) in [6.07, 6.45) is 1.29. The summed E-state index contributed by atoms with van der Waals surface area (Å²) < 4.78 is 14.0. The number of nitrogens with zero attached hydrogens (tertiary/aromatic N) is 4. The minimum Gasteiger partial charge on any atom is -0.369 e. The van der Waals surface area contributed by atoms with Gasteiger partial charge in [0.2, 0.25) is 5.96 Å². The van der Waals surface area contributed by atoms with E-state index in [1.807, 2.05) is 6.07 Å². The summed E-state index contributed by atoms with van der Waals surface area (Å²) in [5.41, 5.74) is 11.5. The van der Waals surface area contributed by atoms with Gasteiger partial charge in [-0.2, -0.15) is 5.10 Å². The monoisotopic (exact) mass is 278 g/mol. The van der Waals surface area contributed by atoms with Gasteiger partial charge >= 0.3 is 0 Å². The van der Waals surface area contributed by atoms with Crippen molar-refractivity contribution >= 4 is 17.9 Å². The van der Waals surface area contributed by atoms with Crippen molar-refractivity contribution in [1.29, 1.82) is 0 Å². The van der Waals surface area contributed by atoms with Crippen LogP contribution in [-0.4, -0.2) is 50.3 Å². The predicted octanol–water partition coefficient (Wildman–Crippen LogP) is 0.185. The Kier molecular flexibility index (Phi) is 4.52. The fourth-order valence-electron chi connectivity index (χ4n) is 2.04. The van der Waals surface area contributed by atoms with E-state index in [4.69, 9.17) is 11.5 Å². The van der Waals surface area contributed by atoms with E-state index in [1.54, 1.807) is 6.07 Å². The molecule has 20 heavy (non-hydrogen) atoms. The third kappa shape index (κ3) is 3.67. The van der Waals surface area contributed by atoms with E-state index in [2.05, 4.69) is 27.1 Å². The first-order valence-corrected chi connectivity index (χ1v) is 6.41. The molecule has 0 amide bonds. The zero-order chi connectivity index (χ0) is 14.5. The topological polar surface area (TPSA) is 83.2 Å². The number of rotatable bonds is 3. The van der Waals surface area contributed by atoms with Gasteiger partial charge in [-0.3, -0.25) is 0 Å². The van der Waals surface area contributed by atoms with Crippen molar-refractivity contribution in [3.63, 3.8) is 0 Å². The molecule has 1 saturated heterocycles. The van der Waals surface area contributed by atoms with E-state index < -0.39 is 0 Å². The van der Waals surface area contributed by atoms with Crippen LogP contribution in [0.3, 0.4) is 0 Å². The van der Waals surface area contributed by atoms with Gasteiger partial charge in [-0.25, -0.2) is 4.39 Å². The Bertz CT molecular complexity index is 516. The molecule has 0 aliphatic carbocycles. The normalized spacial score (nSPS) is 16.6. The molecule has 108 valence electrons. The number of halogens is 1. The van der Waals surface area contributed by atoms with Crippen LogP contribution < -0.4 is 16.4 Å². The molecular formula is C13H19FN6. The maximum absolute atomic E-state index is 14.0. The van der Waals surface area contributed by atoms with Crippen LogP contribution in [0.4, 0.5) is 10.1 Å². The van der Waals surface area contributed by atoms with E-state index in [1.165, 1.54) is 12.3 Å². The maximum atomic E-state index is 14.0. The molecule has 4 N–H and O–H groups in total. The summed E-state index contributed by atoms with van der Waals surface area (Å²) in [4.78, 5) is 4.42. The van der Waals surface area contributed by atoms with Crippen LogP contribution in [0, 0.1) is 5.82 Å². The Labute approximate surface area is 117 Å². The van der Waals surface area contributed by atoms with Gasteiger partial charge in [0.25, 0.3) is 0 Å². The van der Waals surface area contributed by atoms with E-state index in [9.17, 15) is 4.39 Å². The number of guanidine groups is 1. The Hall–Kier alpha value is -2.15. The third-order valence-corrected chi connectivity index (χ3v) is 3.22. The molecule has 0 bridgehead atoms. The molecule has 7 heteroatoms. The number of piperazine rings is 1. The quantitative estimate of drug-likeness (QED) is 0.469. The van der Waals surface area contributed by atoms with Gasteiger partial charge in [0.15, 0.2) is 0 Å². The number of hydrogen-bond acceptors (Lipinski definition) is 4. The number of hydrogen-bond donors (Lipinski definition) is 2. The lowest BCUT2D eigenvalue weighted by molar-refractivity contribution is 0.313. The van der Waals surface area contributed by atoms with Crippen LogP contribution in [0.5, 0.6) is 0 Å². The van der Waals surface area contributed by atoms with Gasteiger partial charge in [-0.05, 0) is 25.2 Å². The van der Waals surface area contributed by atoms with Crippen molar-refractivity contribution in [3.05, 3.63) is 29.6 Å². The fraction of sp³-hybridized carbons (Fsp3) is 0.385. The Morgan fingerprint density at radius 2 is 1.95 bits per heavy atom. The van der Waals surface area contributed by atoms with E-state index in [0.29, 0.717) is 5.56 Å². The highest BCUT2D eigenvalue weighted by molar-refractivity contribution is 5.82. The molecule has 6 nitrogen and oxygen atoms in total. The molecule has 0 unspecified atom stereocenters. The summed E-state index contributed by atoms with van der Waals surface area (Å²) >= 11 is 0. The number of anilines is 1. The molecule has 1 aromatic rings. The molecule has 1 aromatic carbocycles. The predicted molar refractivity (Wildman–Crippen MR) is 79.5 cm³/mol. The minimum atomic E-state index is -0.337. The lowest BCUT2D eigenvalue weighted by atomic mass is 10.2. The van der Waals surface area contributed by atoms with Crippen LogP contribution in [0.25, 0.3) is 0 Å². The zero-order valence-electron chi connectivity index (χ0n) is 11.5. The number of benzene rings is 1. The molecule has 1 heterocycles. The van der Waals surface area contributed by atoms with Crippen LogP contribution in [-0.2, 0) is 0 Å². The fourth-order valence-corrected chi connectivity index (χ4v) is 2.04. The molecule has 0 aromatic heterocycles. The second-order valence-electron chi connectivity index (χ2n) is 4.77. The van der Waals surface area contributed by atoms with E-state index in [-0.39, 0.29) is 11.8 Å². The average Bonchev–Trinajstić information content (AvgIpc) is 2.41. The Morgan fingerprint density at radius 1 is 1.25 bits per heavy atom. The van der Waals surface area contributed by atoms with Crippen LogP contribution in [0.1, 0.15) is 5.56 Å². The number of likely N-dealkylation sites (N-methyl/N-ethyl adjacent to an activating group) is 1. The highest BCUT2D eigenvalue weighted by Gasteiger charge is 2.15. The molecule has 2 rings (SSSR count). The third-order valence-electron chi connectivity index (χ3n) is 3.22. The van der Waals surface area contributed by atoms with Gasteiger partial charge in [-0.15, -0.1) is 5.10 Å². The largest absolute Gasteiger partial charge is 0.369 e. The van der Waals surface area contributed by atoms with Crippen molar-refractivity contribution in [2.24, 2.45) is 21.7 Å². The van der Waals surface area contributed by atoms with Crippen LogP contribution in [0.15, 0.2) is 28.4 Å². The summed E-state index contributed by atoms with van der Waals surface area (Å²) in [6, 6.07) is 5.07. The first kappa shape index (κ1) is 14.3. The summed E-state index contributed by atoms with van der Waals surface area (Å²) in [7, 11) is 2.08. The second-order valence-corrected chi connectivity index (χ2v) is 4.77. The average molecular weight is 278 g/mol. The SMILES string of the molecule is CN1CCN(c2ccc(C=NN=C(N)N)c(F)c2)CC1. The van der Waals surface area contributed by atoms with E-state index in [0.717, 1.165) is 31.9 Å². The Balaban J connectivity index is 2.09. The molecular weight excluding hydrogens is 259 g/mol. The molecule has 0 spiro atoms. The molecule has 1 fully saturated rings. The summed E-state index contributed by atoms with van der Waals surface area (Å²) in [6.45, 7) is 3.76. The first-order valence-electron chi connectivity index (χ1n) is 6.41. The van der Waals surface area contributed by atoms with Gasteiger partial charge in [0.1, 0.15) is 5.82 Å². The standard InChI is InChI=1S/C13H19FN6/c1-19-4-6-20(7-5-19)11-3-2-10(12(14)8-11)9-17-18-13(15)16/h2-3,8-9H,4-7H2,1H3,(H4,15,16,18). The smallest absolute Gasteiger partial charge is 0.211 e. The first-order chi connectivity index (χ1) is 9.56. The van der Waals surface area contributed by atoms with Gasteiger partial charge in [0, 0.05) is 37.4 Å². The van der Waals surface area contributed by atoms with Crippen molar-refractivity contribution < 1.29 is 4.39 Å². The minimum absolute atomic E-state index is 0.157. The summed E-state index contributed by atoms with van der Waals surface area (Å²) in [5.74, 6) is -0.494. The zero-order valence-corrected chi connectivity index (χ0v) is 11.5. The molecule has 1 aliphatic heterocycles. The Morgan fingerprint density at radius 3 is 2.55 bits per heavy atom. The van der Waals surface area contributed by atoms with Gasteiger partial charge in [-0.1, -0.05) is 0 Å². The lowest BCUT2D eigenvalue weighted by Gasteiger charge is -2.34. The molecule has 1 aliphatic rings. The van der Waals surface area contributed by atoms with E-state index >= 15 is 0 Å². The second kappa shape index (κ2) is 6.33. The van der Waals surface area contributed by atoms with Crippen LogP contribution >= 0.6 is 0 Å². The summed E-state index contributed by atoms with van der Waals surface area (Å²) in [5, 5.41) is 7.05. The number of nitrogens with two attached hydrogens (primary N) is 2. The molecule has 0 radical (unpaired) electrons. The highest BCUT2D eigenvalue weighted by Crippen LogP contribution is 2.19. The van der Waals surface area contributed by atoms with Crippen molar-refractivity contribution in [2.45, 2.75) is 0 Å². The van der Waals surface area contributed by atoms with Crippen molar-refractivity contribution in [3.8, 4) is 0 Å². The lowest BCUT2D eigenvalue weighted by Crippen LogP contribution is -2.44. The molecule has 0 saturated carbocycles. The van der Waals surface area contributed by atoms with Crippen molar-refractivity contribution in [1.82, 2.24) is 4.90 Å². The van der Waals surface area contributed by atoms with Crippen molar-refractivity contribution in [2.75, 3.05) is 38.1 Å². The molecule has 0 atom stereocenters. The van der Waals surface area contributed by atoms with Gasteiger partial charge in [0.05, 0.1) is 6.21 Å². The highest BCUT2D eigenvalue weighted by atomic mass is 19.1. The van der Waals surface area contributed by atoms with Gasteiger partial charge < -0.3 is 21.3 Å². The van der Waals surface area contributed by atoms with Crippen LogP contribution in [0.2, 0.25) is 0 Å². The maximum Gasteiger partial charge on any atom is 0.211 e.